The highest BCUT2D eigenvalue weighted by Crippen LogP contribution is 2.35. The minimum Gasteiger partial charge on any atom is -0.454 e. The second kappa shape index (κ2) is 6.56. The molecule has 3 aromatic carbocycles. The average molecular weight is 389 g/mol. The quantitative estimate of drug-likeness (QED) is 0.354. The molecule has 0 radical (unpaired) electrons. The Kier molecular flexibility index (Phi) is 3.71. The van der Waals surface area contributed by atoms with Crippen LogP contribution < -0.4 is 0 Å². The summed E-state index contributed by atoms with van der Waals surface area (Å²) in [6, 6.07) is 27.0. The molecule has 6 aromatic rings. The van der Waals surface area contributed by atoms with Gasteiger partial charge in [0.25, 0.3) is 0 Å². The molecule has 0 bridgehead atoms. The zero-order valence-electron chi connectivity index (χ0n) is 16.5. The van der Waals surface area contributed by atoms with Crippen LogP contribution in [0.2, 0.25) is 0 Å². The molecule has 6 rings (SSSR count). The molecule has 4 nitrogen and oxygen atoms in total. The number of fused-ring (bicyclic) bond motifs is 4. The molecule has 0 aliphatic carbocycles. The van der Waals surface area contributed by atoms with Crippen molar-refractivity contribution in [1.29, 1.82) is 0 Å². The lowest BCUT2D eigenvalue weighted by Crippen LogP contribution is -2.02. The zero-order valence-corrected chi connectivity index (χ0v) is 16.5. The molecule has 0 unspecified atom stereocenters. The van der Waals surface area contributed by atoms with E-state index in [-0.39, 0.29) is 0 Å². The predicted molar refractivity (Wildman–Crippen MR) is 121 cm³/mol. The molecule has 0 N–H and O–H groups in total. The Morgan fingerprint density at radius 2 is 1.73 bits per heavy atom. The monoisotopic (exact) mass is 389 g/mol. The first-order valence-electron chi connectivity index (χ1n) is 10.1. The predicted octanol–water partition coefficient (Wildman–Crippen LogP) is 6.35. The summed E-state index contributed by atoms with van der Waals surface area (Å²) in [6.45, 7) is 2.81. The molecular weight excluding hydrogens is 370 g/mol. The van der Waals surface area contributed by atoms with Crippen LogP contribution in [0.5, 0.6) is 0 Å². The fraction of sp³-hybridized carbons (Fsp3) is 0.0769. The number of para-hydroxylation sites is 2. The lowest BCUT2D eigenvalue weighted by molar-refractivity contribution is 0.667. The number of nitrogens with zero attached hydrogens (tertiary/aromatic N) is 3. The second-order valence-electron chi connectivity index (χ2n) is 7.63. The zero-order chi connectivity index (χ0) is 20.1. The summed E-state index contributed by atoms with van der Waals surface area (Å²) in [5, 5.41) is 1.03. The van der Waals surface area contributed by atoms with Gasteiger partial charge in [-0.3, -0.25) is 4.98 Å². The fourth-order valence-electron chi connectivity index (χ4n) is 4.15. The molecule has 0 saturated carbocycles. The van der Waals surface area contributed by atoms with Gasteiger partial charge in [-0.05, 0) is 48.4 Å². The molecule has 0 aliphatic heterocycles. The highest BCUT2D eigenvalue weighted by atomic mass is 16.3. The first kappa shape index (κ1) is 17.0. The molecule has 0 aliphatic rings. The molecule has 0 spiro atoms. The summed E-state index contributed by atoms with van der Waals surface area (Å²) in [5.41, 5.74) is 7.95. The maximum Gasteiger partial charge on any atom is 0.164 e. The molecule has 144 valence electrons. The van der Waals surface area contributed by atoms with Gasteiger partial charge in [0.2, 0.25) is 0 Å². The Morgan fingerprint density at radius 1 is 0.900 bits per heavy atom. The molecule has 30 heavy (non-hydrogen) atoms. The van der Waals surface area contributed by atoms with E-state index >= 15 is 0 Å². The molecule has 0 atom stereocenters. The minimum absolute atomic E-state index is 0.736. The first-order chi connectivity index (χ1) is 14.8. The number of aromatic nitrogens is 3. The minimum atomic E-state index is 0.736. The molecule has 0 amide bonds. The van der Waals surface area contributed by atoms with E-state index in [9.17, 15) is 0 Å². The van der Waals surface area contributed by atoms with E-state index in [1.807, 2.05) is 24.4 Å². The summed E-state index contributed by atoms with van der Waals surface area (Å²) in [5.74, 6) is 0.892. The summed E-state index contributed by atoms with van der Waals surface area (Å²) >= 11 is 0. The van der Waals surface area contributed by atoms with Crippen molar-refractivity contribution < 1.29 is 4.42 Å². The van der Waals surface area contributed by atoms with Gasteiger partial charge in [0, 0.05) is 18.1 Å². The number of furan rings is 1. The van der Waals surface area contributed by atoms with Gasteiger partial charge in [-0.15, -0.1) is 0 Å². The van der Waals surface area contributed by atoms with Crippen molar-refractivity contribution in [3.63, 3.8) is 0 Å². The Balaban J connectivity index is 1.64. The molecule has 4 heteroatoms. The van der Waals surface area contributed by atoms with Crippen LogP contribution in [0.15, 0.2) is 89.5 Å². The highest BCUT2D eigenvalue weighted by Gasteiger charge is 2.19. The van der Waals surface area contributed by atoms with Crippen LogP contribution >= 0.6 is 0 Å². The van der Waals surface area contributed by atoms with Crippen molar-refractivity contribution in [2.75, 3.05) is 0 Å². The second-order valence-corrected chi connectivity index (χ2v) is 7.63. The van der Waals surface area contributed by atoms with Crippen LogP contribution in [0.25, 0.3) is 44.5 Å². The van der Waals surface area contributed by atoms with E-state index in [4.69, 9.17) is 9.40 Å². The smallest absolute Gasteiger partial charge is 0.164 e. The largest absolute Gasteiger partial charge is 0.454 e. The van der Waals surface area contributed by atoms with Gasteiger partial charge in [0.1, 0.15) is 16.9 Å². The van der Waals surface area contributed by atoms with Crippen LogP contribution in [0.3, 0.4) is 0 Å². The highest BCUT2D eigenvalue weighted by molar-refractivity contribution is 6.07. The maximum atomic E-state index is 6.30. The summed E-state index contributed by atoms with van der Waals surface area (Å²) in [6.07, 6.45) is 1.85. The van der Waals surface area contributed by atoms with E-state index in [1.165, 1.54) is 11.1 Å². The van der Waals surface area contributed by atoms with Gasteiger partial charge in [-0.1, -0.05) is 48.5 Å². The van der Waals surface area contributed by atoms with Crippen molar-refractivity contribution >= 4 is 33.1 Å². The Bertz CT molecular complexity index is 1530. The Morgan fingerprint density at radius 3 is 2.63 bits per heavy atom. The Hall–Kier alpha value is -3.92. The Labute approximate surface area is 173 Å². The van der Waals surface area contributed by atoms with E-state index in [2.05, 4.69) is 77.1 Å². The van der Waals surface area contributed by atoms with Crippen molar-refractivity contribution in [3.05, 3.63) is 96.2 Å². The summed E-state index contributed by atoms with van der Waals surface area (Å²) in [4.78, 5) is 9.61. The third-order valence-electron chi connectivity index (χ3n) is 5.59. The number of aryl methyl sites for hydroxylation is 1. The van der Waals surface area contributed by atoms with Crippen molar-refractivity contribution in [2.45, 2.75) is 13.5 Å². The number of hydrogen-bond donors (Lipinski definition) is 0. The molecule has 3 heterocycles. The van der Waals surface area contributed by atoms with Gasteiger partial charge in [0.05, 0.1) is 16.6 Å². The van der Waals surface area contributed by atoms with Crippen LogP contribution in [-0.4, -0.2) is 14.5 Å². The van der Waals surface area contributed by atoms with Gasteiger partial charge in [0.15, 0.2) is 5.58 Å². The summed E-state index contributed by atoms with van der Waals surface area (Å²) < 4.78 is 8.57. The third-order valence-corrected chi connectivity index (χ3v) is 5.59. The number of benzene rings is 3. The van der Waals surface area contributed by atoms with Gasteiger partial charge in [-0.25, -0.2) is 4.98 Å². The van der Waals surface area contributed by atoms with Gasteiger partial charge in [-0.2, -0.15) is 0 Å². The molecule has 0 saturated heterocycles. The number of hydrogen-bond acceptors (Lipinski definition) is 3. The number of pyridine rings is 1. The lowest BCUT2D eigenvalue weighted by Gasteiger charge is -2.10. The van der Waals surface area contributed by atoms with E-state index in [0.717, 1.165) is 51.0 Å². The van der Waals surface area contributed by atoms with Crippen molar-refractivity contribution in [3.8, 4) is 11.4 Å². The van der Waals surface area contributed by atoms with Crippen LogP contribution in [0.1, 0.15) is 11.1 Å². The molecule has 0 fully saturated rings. The van der Waals surface area contributed by atoms with Crippen LogP contribution in [0, 0.1) is 6.92 Å². The third kappa shape index (κ3) is 2.61. The van der Waals surface area contributed by atoms with Crippen LogP contribution in [-0.2, 0) is 6.54 Å². The molecule has 3 aromatic heterocycles. The maximum absolute atomic E-state index is 6.30. The van der Waals surface area contributed by atoms with Crippen molar-refractivity contribution in [1.82, 2.24) is 14.5 Å². The van der Waals surface area contributed by atoms with Gasteiger partial charge >= 0.3 is 0 Å². The van der Waals surface area contributed by atoms with E-state index in [0.29, 0.717) is 0 Å². The van der Waals surface area contributed by atoms with Crippen LogP contribution in [0.4, 0.5) is 0 Å². The first-order valence-corrected chi connectivity index (χ1v) is 10.1. The van der Waals surface area contributed by atoms with Gasteiger partial charge < -0.3 is 8.98 Å². The standard InChI is InChI=1S/C26H19N3O/c1-17-11-12-19-23(15-17)30-25-20(13-14-27-24(19)25)26-28-21-9-5-6-10-22(21)29(26)16-18-7-3-2-4-8-18/h2-15H,16H2,1H3. The lowest BCUT2D eigenvalue weighted by atomic mass is 10.1. The normalized spacial score (nSPS) is 11.6. The molecular formula is C26H19N3O. The average Bonchev–Trinajstić information content (AvgIpc) is 3.32. The van der Waals surface area contributed by atoms with Crippen molar-refractivity contribution in [2.24, 2.45) is 0 Å². The topological polar surface area (TPSA) is 43.9 Å². The fourth-order valence-corrected chi connectivity index (χ4v) is 4.15. The van der Waals surface area contributed by atoms with E-state index < -0.39 is 0 Å². The van der Waals surface area contributed by atoms with E-state index in [1.54, 1.807) is 0 Å². The SMILES string of the molecule is Cc1ccc2c(c1)oc1c(-c3nc4ccccc4n3Cc3ccccc3)ccnc12. The number of rotatable bonds is 3. The number of imidazole rings is 1. The summed E-state index contributed by atoms with van der Waals surface area (Å²) in [7, 11) is 0.